The third kappa shape index (κ3) is 5.43. The Bertz CT molecular complexity index is 575. The standard InChI is InChI=1S/C17H24ClN3O2/c1-17(2,3)19-16(23)21-9-7-20(8-10-21)15(22)12-13-5-4-6-14(18)11-13/h4-6,11H,7-10,12H2,1-3H3,(H,19,23). The summed E-state index contributed by atoms with van der Waals surface area (Å²) in [5, 5.41) is 3.59. The predicted molar refractivity (Wildman–Crippen MR) is 91.6 cm³/mol. The number of piperazine rings is 1. The maximum atomic E-state index is 12.3. The maximum Gasteiger partial charge on any atom is 0.317 e. The SMILES string of the molecule is CC(C)(C)NC(=O)N1CCN(C(=O)Cc2cccc(Cl)c2)CC1. The van der Waals surface area contributed by atoms with Gasteiger partial charge in [-0.2, -0.15) is 0 Å². The summed E-state index contributed by atoms with van der Waals surface area (Å²) < 4.78 is 0. The number of amides is 3. The molecule has 23 heavy (non-hydrogen) atoms. The van der Waals surface area contributed by atoms with Gasteiger partial charge in [0, 0.05) is 36.7 Å². The lowest BCUT2D eigenvalue weighted by molar-refractivity contribution is -0.131. The Labute approximate surface area is 142 Å². The Morgan fingerprint density at radius 2 is 1.74 bits per heavy atom. The normalized spacial score (nSPS) is 15.5. The van der Waals surface area contributed by atoms with Crippen LogP contribution in [0.5, 0.6) is 0 Å². The van der Waals surface area contributed by atoms with Crippen LogP contribution in [0, 0.1) is 0 Å². The molecule has 0 saturated carbocycles. The van der Waals surface area contributed by atoms with E-state index in [4.69, 9.17) is 11.6 Å². The molecule has 1 heterocycles. The van der Waals surface area contributed by atoms with Gasteiger partial charge in [-0.1, -0.05) is 23.7 Å². The number of nitrogens with zero attached hydrogens (tertiary/aromatic N) is 2. The fourth-order valence-corrected chi connectivity index (χ4v) is 2.71. The van der Waals surface area contributed by atoms with Crippen LogP contribution in [0.1, 0.15) is 26.3 Å². The van der Waals surface area contributed by atoms with Crippen LogP contribution in [0.15, 0.2) is 24.3 Å². The molecule has 1 aromatic rings. The van der Waals surface area contributed by atoms with Crippen molar-refractivity contribution in [3.63, 3.8) is 0 Å². The topological polar surface area (TPSA) is 52.7 Å². The largest absolute Gasteiger partial charge is 0.339 e. The minimum atomic E-state index is -0.253. The molecule has 0 bridgehead atoms. The molecule has 0 aromatic heterocycles. The quantitative estimate of drug-likeness (QED) is 0.901. The summed E-state index contributed by atoms with van der Waals surface area (Å²) in [5.41, 5.74) is 0.659. The van der Waals surface area contributed by atoms with Gasteiger partial charge in [0.05, 0.1) is 6.42 Å². The van der Waals surface area contributed by atoms with Gasteiger partial charge in [0.1, 0.15) is 0 Å². The fraction of sp³-hybridized carbons (Fsp3) is 0.529. The Hall–Kier alpha value is -1.75. The lowest BCUT2D eigenvalue weighted by Crippen LogP contribution is -2.56. The van der Waals surface area contributed by atoms with Crippen LogP contribution in [0.2, 0.25) is 5.02 Å². The average Bonchev–Trinajstić information content (AvgIpc) is 2.45. The van der Waals surface area contributed by atoms with E-state index in [-0.39, 0.29) is 17.5 Å². The summed E-state index contributed by atoms with van der Waals surface area (Å²) >= 11 is 5.94. The first-order valence-electron chi connectivity index (χ1n) is 7.84. The molecule has 6 heteroatoms. The van der Waals surface area contributed by atoms with E-state index in [2.05, 4.69) is 5.32 Å². The number of carbonyl (C=O) groups is 2. The molecular weight excluding hydrogens is 314 g/mol. The average molecular weight is 338 g/mol. The zero-order chi connectivity index (χ0) is 17.0. The lowest BCUT2D eigenvalue weighted by Gasteiger charge is -2.36. The van der Waals surface area contributed by atoms with E-state index < -0.39 is 0 Å². The summed E-state index contributed by atoms with van der Waals surface area (Å²) in [4.78, 5) is 28.0. The van der Waals surface area contributed by atoms with Gasteiger partial charge in [-0.25, -0.2) is 4.79 Å². The summed E-state index contributed by atoms with van der Waals surface area (Å²) in [6.45, 7) is 8.11. The molecule has 5 nitrogen and oxygen atoms in total. The van der Waals surface area contributed by atoms with Gasteiger partial charge in [0.25, 0.3) is 0 Å². The van der Waals surface area contributed by atoms with Crippen molar-refractivity contribution in [2.24, 2.45) is 0 Å². The number of urea groups is 1. The van der Waals surface area contributed by atoms with Crippen molar-refractivity contribution in [3.05, 3.63) is 34.9 Å². The minimum absolute atomic E-state index is 0.0700. The van der Waals surface area contributed by atoms with Crippen molar-refractivity contribution < 1.29 is 9.59 Å². The van der Waals surface area contributed by atoms with Crippen molar-refractivity contribution >= 4 is 23.5 Å². The van der Waals surface area contributed by atoms with Crippen molar-refractivity contribution in [1.82, 2.24) is 15.1 Å². The molecule has 126 valence electrons. The van der Waals surface area contributed by atoms with Gasteiger partial charge in [-0.15, -0.1) is 0 Å². The third-order valence-electron chi connectivity index (χ3n) is 3.65. The highest BCUT2D eigenvalue weighted by atomic mass is 35.5. The summed E-state index contributed by atoms with van der Waals surface area (Å²) in [7, 11) is 0. The number of hydrogen-bond donors (Lipinski definition) is 1. The van der Waals surface area contributed by atoms with Crippen LogP contribution in [0.4, 0.5) is 4.79 Å². The first-order valence-corrected chi connectivity index (χ1v) is 8.22. The molecule has 0 unspecified atom stereocenters. The molecule has 0 aliphatic carbocycles. The van der Waals surface area contributed by atoms with E-state index in [9.17, 15) is 9.59 Å². The first-order chi connectivity index (χ1) is 10.7. The van der Waals surface area contributed by atoms with Crippen LogP contribution >= 0.6 is 11.6 Å². The number of carbonyl (C=O) groups excluding carboxylic acids is 2. The number of benzene rings is 1. The first kappa shape index (κ1) is 17.6. The molecular formula is C17H24ClN3O2. The molecule has 1 aliphatic heterocycles. The highest BCUT2D eigenvalue weighted by Gasteiger charge is 2.26. The van der Waals surface area contributed by atoms with Gasteiger partial charge in [-0.3, -0.25) is 4.79 Å². The van der Waals surface area contributed by atoms with E-state index in [1.54, 1.807) is 11.0 Å². The zero-order valence-electron chi connectivity index (χ0n) is 13.9. The van der Waals surface area contributed by atoms with Gasteiger partial charge >= 0.3 is 6.03 Å². The molecule has 3 amide bonds. The van der Waals surface area contributed by atoms with Gasteiger partial charge in [-0.05, 0) is 38.5 Å². The molecule has 1 N–H and O–H groups in total. The highest BCUT2D eigenvalue weighted by molar-refractivity contribution is 6.30. The molecule has 0 radical (unpaired) electrons. The van der Waals surface area contributed by atoms with Crippen LogP contribution in [-0.2, 0) is 11.2 Å². The van der Waals surface area contributed by atoms with E-state index in [0.29, 0.717) is 37.6 Å². The Balaban J connectivity index is 1.84. The monoisotopic (exact) mass is 337 g/mol. The predicted octanol–water partition coefficient (Wildman–Crippen LogP) is 2.53. The summed E-state index contributed by atoms with van der Waals surface area (Å²) in [6, 6.07) is 7.28. The molecule has 2 rings (SSSR count). The number of hydrogen-bond acceptors (Lipinski definition) is 2. The Kier molecular flexibility index (Phi) is 5.52. The van der Waals surface area contributed by atoms with Crippen molar-refractivity contribution in [3.8, 4) is 0 Å². The lowest BCUT2D eigenvalue weighted by atomic mass is 10.1. The molecule has 1 fully saturated rings. The highest BCUT2D eigenvalue weighted by Crippen LogP contribution is 2.13. The zero-order valence-corrected chi connectivity index (χ0v) is 14.7. The van der Waals surface area contributed by atoms with Gasteiger partial charge < -0.3 is 15.1 Å². The van der Waals surface area contributed by atoms with Crippen molar-refractivity contribution in [1.29, 1.82) is 0 Å². The van der Waals surface area contributed by atoms with Crippen LogP contribution in [-0.4, -0.2) is 53.5 Å². The maximum absolute atomic E-state index is 12.3. The van der Waals surface area contributed by atoms with E-state index in [0.717, 1.165) is 5.56 Å². The smallest absolute Gasteiger partial charge is 0.317 e. The molecule has 1 aromatic carbocycles. The van der Waals surface area contributed by atoms with E-state index in [1.807, 2.05) is 43.9 Å². The second-order valence-electron chi connectivity index (χ2n) is 6.85. The van der Waals surface area contributed by atoms with Gasteiger partial charge in [0.15, 0.2) is 0 Å². The molecule has 0 atom stereocenters. The van der Waals surface area contributed by atoms with E-state index in [1.165, 1.54) is 0 Å². The second-order valence-corrected chi connectivity index (χ2v) is 7.29. The number of halogens is 1. The van der Waals surface area contributed by atoms with Crippen molar-refractivity contribution in [2.75, 3.05) is 26.2 Å². The summed E-state index contributed by atoms with van der Waals surface area (Å²) in [6.07, 6.45) is 0.342. The van der Waals surface area contributed by atoms with Gasteiger partial charge in [0.2, 0.25) is 5.91 Å². The fourth-order valence-electron chi connectivity index (χ4n) is 2.49. The molecule has 0 spiro atoms. The van der Waals surface area contributed by atoms with Crippen LogP contribution in [0.25, 0.3) is 0 Å². The third-order valence-corrected chi connectivity index (χ3v) is 3.88. The van der Waals surface area contributed by atoms with Crippen molar-refractivity contribution in [2.45, 2.75) is 32.7 Å². The number of rotatable bonds is 2. The molecule has 1 saturated heterocycles. The number of nitrogens with one attached hydrogen (secondary N) is 1. The van der Waals surface area contributed by atoms with Crippen LogP contribution in [0.3, 0.4) is 0 Å². The van der Waals surface area contributed by atoms with E-state index >= 15 is 0 Å². The van der Waals surface area contributed by atoms with Crippen LogP contribution < -0.4 is 5.32 Å². The Morgan fingerprint density at radius 1 is 1.13 bits per heavy atom. The molecule has 1 aliphatic rings. The second kappa shape index (κ2) is 7.21. The minimum Gasteiger partial charge on any atom is -0.339 e. The Morgan fingerprint density at radius 3 is 2.30 bits per heavy atom. The summed E-state index contributed by atoms with van der Waals surface area (Å²) in [5.74, 6) is 0.0724.